The molecule has 2 rings (SSSR count). The summed E-state index contributed by atoms with van der Waals surface area (Å²) in [5.41, 5.74) is 1.16. The first kappa shape index (κ1) is 15.5. The molecule has 4 heteroatoms. The van der Waals surface area contributed by atoms with Gasteiger partial charge in [-0.3, -0.25) is 9.78 Å². The third-order valence-electron chi connectivity index (χ3n) is 3.86. The second kappa shape index (κ2) is 8.43. The van der Waals surface area contributed by atoms with Crippen molar-refractivity contribution in [2.45, 2.75) is 38.5 Å². The van der Waals surface area contributed by atoms with Crippen molar-refractivity contribution >= 4 is 5.91 Å². The largest absolute Gasteiger partial charge is 0.384 e. The van der Waals surface area contributed by atoms with Gasteiger partial charge in [0.1, 0.15) is 6.61 Å². The van der Waals surface area contributed by atoms with E-state index >= 15 is 0 Å². The first-order valence-electron chi connectivity index (χ1n) is 7.62. The van der Waals surface area contributed by atoms with Gasteiger partial charge in [0.2, 0.25) is 0 Å². The Hall–Kier alpha value is -1.86. The maximum Gasteiger partial charge on any atom is 0.252 e. The van der Waals surface area contributed by atoms with Crippen molar-refractivity contribution in [1.29, 1.82) is 0 Å². The number of rotatable bonds is 5. The zero-order valence-electron chi connectivity index (χ0n) is 12.3. The van der Waals surface area contributed by atoms with Gasteiger partial charge in [-0.2, -0.15) is 0 Å². The van der Waals surface area contributed by atoms with Crippen molar-refractivity contribution in [2.24, 2.45) is 5.92 Å². The number of aliphatic hydroxyl groups is 1. The predicted octanol–water partition coefficient (Wildman–Crippen LogP) is 2.13. The van der Waals surface area contributed by atoms with E-state index in [2.05, 4.69) is 22.1 Å². The van der Waals surface area contributed by atoms with Gasteiger partial charge in [-0.15, -0.1) is 0 Å². The standard InChI is InChI=1S/C17H22N2O2/c20-10-4-8-15-11-16(13-18-12-15)17(21)19-9-3-7-14-5-1-2-6-14/h11-14,20H,1-3,5-7,9-10H2,(H,19,21). The van der Waals surface area contributed by atoms with Gasteiger partial charge in [-0.25, -0.2) is 0 Å². The monoisotopic (exact) mass is 286 g/mol. The summed E-state index contributed by atoms with van der Waals surface area (Å²) in [6.07, 6.45) is 10.8. The molecule has 21 heavy (non-hydrogen) atoms. The molecule has 1 aromatic rings. The van der Waals surface area contributed by atoms with Crippen LogP contribution in [0.15, 0.2) is 18.5 Å². The lowest BCUT2D eigenvalue weighted by Gasteiger charge is -2.09. The number of amides is 1. The number of hydrogen-bond acceptors (Lipinski definition) is 3. The van der Waals surface area contributed by atoms with Crippen LogP contribution >= 0.6 is 0 Å². The first-order chi connectivity index (χ1) is 10.3. The maximum atomic E-state index is 12.0. The van der Waals surface area contributed by atoms with Crippen LogP contribution in [0.2, 0.25) is 0 Å². The van der Waals surface area contributed by atoms with Gasteiger partial charge >= 0.3 is 0 Å². The number of nitrogens with one attached hydrogen (secondary N) is 1. The Labute approximate surface area is 126 Å². The summed E-state index contributed by atoms with van der Waals surface area (Å²) >= 11 is 0. The molecule has 0 bridgehead atoms. The highest BCUT2D eigenvalue weighted by molar-refractivity contribution is 5.94. The molecule has 0 aromatic carbocycles. The molecule has 0 radical (unpaired) electrons. The molecule has 0 unspecified atom stereocenters. The fourth-order valence-electron chi connectivity index (χ4n) is 2.77. The lowest BCUT2D eigenvalue weighted by Crippen LogP contribution is -2.25. The molecule has 112 valence electrons. The molecule has 1 aliphatic rings. The van der Waals surface area contributed by atoms with E-state index in [-0.39, 0.29) is 12.5 Å². The van der Waals surface area contributed by atoms with Crippen LogP contribution in [-0.4, -0.2) is 29.1 Å². The van der Waals surface area contributed by atoms with Crippen molar-refractivity contribution in [3.8, 4) is 11.8 Å². The number of hydrogen-bond donors (Lipinski definition) is 2. The predicted molar refractivity (Wildman–Crippen MR) is 81.7 cm³/mol. The van der Waals surface area contributed by atoms with Gasteiger partial charge in [0.25, 0.3) is 5.91 Å². The van der Waals surface area contributed by atoms with E-state index in [9.17, 15) is 4.79 Å². The lowest BCUT2D eigenvalue weighted by molar-refractivity contribution is 0.0952. The van der Waals surface area contributed by atoms with Crippen LogP contribution in [0, 0.1) is 17.8 Å². The van der Waals surface area contributed by atoms with Crippen molar-refractivity contribution in [1.82, 2.24) is 10.3 Å². The number of aromatic nitrogens is 1. The normalized spacial score (nSPS) is 14.5. The Balaban J connectivity index is 1.77. The van der Waals surface area contributed by atoms with Gasteiger partial charge in [0, 0.05) is 24.5 Å². The second-order valence-electron chi connectivity index (χ2n) is 5.47. The highest BCUT2D eigenvalue weighted by Crippen LogP contribution is 2.28. The molecule has 1 fully saturated rings. The number of aliphatic hydroxyl groups excluding tert-OH is 1. The molecule has 1 amide bonds. The zero-order chi connectivity index (χ0) is 14.9. The molecule has 2 N–H and O–H groups in total. The summed E-state index contributed by atoms with van der Waals surface area (Å²) in [6, 6.07) is 1.70. The molecule has 0 atom stereocenters. The van der Waals surface area contributed by atoms with Crippen molar-refractivity contribution < 1.29 is 9.90 Å². The maximum absolute atomic E-state index is 12.0. The average Bonchev–Trinajstić information content (AvgIpc) is 3.03. The average molecular weight is 286 g/mol. The molecule has 0 aliphatic heterocycles. The Morgan fingerprint density at radius 1 is 1.38 bits per heavy atom. The van der Waals surface area contributed by atoms with E-state index in [0.717, 1.165) is 12.3 Å². The van der Waals surface area contributed by atoms with E-state index in [4.69, 9.17) is 5.11 Å². The molecule has 0 spiro atoms. The van der Waals surface area contributed by atoms with E-state index in [1.807, 2.05) is 0 Å². The molecular weight excluding hydrogens is 264 g/mol. The fourth-order valence-corrected chi connectivity index (χ4v) is 2.77. The summed E-state index contributed by atoms with van der Waals surface area (Å²) in [7, 11) is 0. The number of carbonyl (C=O) groups excluding carboxylic acids is 1. The third-order valence-corrected chi connectivity index (χ3v) is 3.86. The van der Waals surface area contributed by atoms with Crippen molar-refractivity contribution in [3.05, 3.63) is 29.6 Å². The highest BCUT2D eigenvalue weighted by atomic mass is 16.2. The van der Waals surface area contributed by atoms with Crippen molar-refractivity contribution in [3.63, 3.8) is 0 Å². The fraction of sp³-hybridized carbons (Fsp3) is 0.529. The van der Waals surface area contributed by atoms with Gasteiger partial charge < -0.3 is 10.4 Å². The molecule has 1 saturated carbocycles. The van der Waals surface area contributed by atoms with E-state index in [1.165, 1.54) is 38.3 Å². The molecule has 1 aromatic heterocycles. The van der Waals surface area contributed by atoms with Gasteiger partial charge in [0.15, 0.2) is 0 Å². The highest BCUT2D eigenvalue weighted by Gasteiger charge is 2.14. The van der Waals surface area contributed by atoms with Gasteiger partial charge in [0.05, 0.1) is 5.56 Å². The van der Waals surface area contributed by atoms with Crippen molar-refractivity contribution in [2.75, 3.05) is 13.2 Å². The third kappa shape index (κ3) is 5.20. The summed E-state index contributed by atoms with van der Waals surface area (Å²) in [6.45, 7) is 0.513. The quantitative estimate of drug-likeness (QED) is 0.644. The van der Waals surface area contributed by atoms with Gasteiger partial charge in [-0.05, 0) is 24.8 Å². The number of carbonyl (C=O) groups is 1. The number of nitrogens with zero attached hydrogens (tertiary/aromatic N) is 1. The van der Waals surface area contributed by atoms with Gasteiger partial charge in [-0.1, -0.05) is 37.5 Å². The van der Waals surface area contributed by atoms with Crippen LogP contribution in [0.3, 0.4) is 0 Å². The van der Waals surface area contributed by atoms with E-state index < -0.39 is 0 Å². The Bertz CT molecular complexity index is 525. The van der Waals surface area contributed by atoms with E-state index in [0.29, 0.717) is 17.7 Å². The first-order valence-corrected chi connectivity index (χ1v) is 7.62. The summed E-state index contributed by atoms with van der Waals surface area (Å²) in [5.74, 6) is 6.05. The summed E-state index contributed by atoms with van der Waals surface area (Å²) in [4.78, 5) is 16.0. The van der Waals surface area contributed by atoms with E-state index in [1.54, 1.807) is 12.3 Å². The Kier molecular flexibility index (Phi) is 6.23. The minimum Gasteiger partial charge on any atom is -0.384 e. The minimum absolute atomic E-state index is 0.110. The Morgan fingerprint density at radius 2 is 2.19 bits per heavy atom. The molecule has 0 saturated heterocycles. The summed E-state index contributed by atoms with van der Waals surface area (Å²) < 4.78 is 0. The summed E-state index contributed by atoms with van der Waals surface area (Å²) in [5, 5.41) is 11.6. The van der Waals surface area contributed by atoms with Crippen LogP contribution in [0.4, 0.5) is 0 Å². The smallest absolute Gasteiger partial charge is 0.252 e. The lowest BCUT2D eigenvalue weighted by atomic mass is 10.0. The van der Waals surface area contributed by atoms with Crippen LogP contribution in [-0.2, 0) is 0 Å². The Morgan fingerprint density at radius 3 is 2.95 bits per heavy atom. The van der Waals surface area contributed by atoms with Crippen LogP contribution < -0.4 is 5.32 Å². The molecule has 1 heterocycles. The minimum atomic E-state index is -0.197. The molecular formula is C17H22N2O2. The molecule has 4 nitrogen and oxygen atoms in total. The van der Waals surface area contributed by atoms with Crippen LogP contribution in [0.5, 0.6) is 0 Å². The van der Waals surface area contributed by atoms with Crippen LogP contribution in [0.1, 0.15) is 54.4 Å². The SMILES string of the molecule is O=C(NCCCC1CCCC1)c1cncc(C#CCO)c1. The molecule has 1 aliphatic carbocycles. The number of pyridine rings is 1. The van der Waals surface area contributed by atoms with Crippen LogP contribution in [0.25, 0.3) is 0 Å². The zero-order valence-corrected chi connectivity index (χ0v) is 12.3. The topological polar surface area (TPSA) is 62.2 Å². The second-order valence-corrected chi connectivity index (χ2v) is 5.47.